The lowest BCUT2D eigenvalue weighted by molar-refractivity contribution is 0.414. The molecule has 7 heteroatoms. The molecule has 0 saturated heterocycles. The summed E-state index contributed by atoms with van der Waals surface area (Å²) in [6.45, 7) is 0.529. The number of hydrogen-bond acceptors (Lipinski definition) is 5. The SMILES string of the molecule is COc1ccc(Br)c(CCn2nc(-c3ccc(Oc4ccccc4)cc3)c(C#N)c2N)c1. The van der Waals surface area contributed by atoms with E-state index in [4.69, 9.17) is 15.2 Å². The zero-order chi connectivity index (χ0) is 22.5. The third kappa shape index (κ3) is 4.61. The third-order valence-electron chi connectivity index (χ3n) is 5.06. The molecule has 0 spiro atoms. The monoisotopic (exact) mass is 488 g/mol. The van der Waals surface area contributed by atoms with E-state index in [1.165, 1.54) is 0 Å². The van der Waals surface area contributed by atoms with E-state index < -0.39 is 0 Å². The van der Waals surface area contributed by atoms with E-state index in [1.54, 1.807) is 11.8 Å². The van der Waals surface area contributed by atoms with Crippen molar-refractivity contribution in [1.29, 1.82) is 5.26 Å². The average Bonchev–Trinajstić information content (AvgIpc) is 3.15. The number of aryl methyl sites for hydroxylation is 2. The Kier molecular flexibility index (Phi) is 6.43. The Labute approximate surface area is 194 Å². The molecule has 1 heterocycles. The van der Waals surface area contributed by atoms with Gasteiger partial charge in [-0.1, -0.05) is 34.1 Å². The number of nitriles is 1. The van der Waals surface area contributed by atoms with Crippen LogP contribution in [0.4, 0.5) is 5.82 Å². The number of anilines is 1. The van der Waals surface area contributed by atoms with Gasteiger partial charge in [0.2, 0.25) is 0 Å². The molecule has 0 fully saturated rings. The van der Waals surface area contributed by atoms with Crippen LogP contribution >= 0.6 is 15.9 Å². The molecule has 4 rings (SSSR count). The van der Waals surface area contributed by atoms with E-state index in [2.05, 4.69) is 27.1 Å². The predicted molar refractivity (Wildman–Crippen MR) is 128 cm³/mol. The predicted octanol–water partition coefficient (Wildman–Crippen LogP) is 5.81. The minimum atomic E-state index is 0.353. The van der Waals surface area contributed by atoms with Crippen LogP contribution in [-0.4, -0.2) is 16.9 Å². The van der Waals surface area contributed by atoms with E-state index in [9.17, 15) is 5.26 Å². The fourth-order valence-electron chi connectivity index (χ4n) is 3.36. The van der Waals surface area contributed by atoms with E-state index in [1.807, 2.05) is 72.8 Å². The summed E-state index contributed by atoms with van der Waals surface area (Å²) in [6, 6.07) is 25.0. The van der Waals surface area contributed by atoms with Gasteiger partial charge in [0, 0.05) is 16.6 Å². The number of ether oxygens (including phenoxy) is 2. The molecule has 0 radical (unpaired) electrons. The lowest BCUT2D eigenvalue weighted by Gasteiger charge is -2.08. The third-order valence-corrected chi connectivity index (χ3v) is 5.83. The first-order valence-electron chi connectivity index (χ1n) is 10.0. The Bertz CT molecular complexity index is 1260. The van der Waals surface area contributed by atoms with Crippen LogP contribution in [0.1, 0.15) is 11.1 Å². The Balaban J connectivity index is 1.55. The van der Waals surface area contributed by atoms with Gasteiger partial charge in [0.15, 0.2) is 0 Å². The second-order valence-corrected chi connectivity index (χ2v) is 7.94. The second-order valence-electron chi connectivity index (χ2n) is 7.09. The quantitative estimate of drug-likeness (QED) is 0.354. The number of halogens is 1. The average molecular weight is 489 g/mol. The maximum Gasteiger partial charge on any atom is 0.140 e. The molecule has 3 aromatic carbocycles. The maximum atomic E-state index is 9.69. The van der Waals surface area contributed by atoms with Crippen LogP contribution in [0.3, 0.4) is 0 Å². The molecule has 0 unspecified atom stereocenters. The summed E-state index contributed by atoms with van der Waals surface area (Å²) in [7, 11) is 1.64. The molecule has 4 aromatic rings. The van der Waals surface area contributed by atoms with Crippen molar-refractivity contribution in [2.75, 3.05) is 12.8 Å². The number of aromatic nitrogens is 2. The standard InChI is InChI=1S/C25H21BrN4O2/c1-31-21-11-12-23(26)18(15-21)13-14-30-25(28)22(16-27)24(29-30)17-7-9-20(10-8-17)32-19-5-3-2-4-6-19/h2-12,15H,13-14,28H2,1H3. The van der Waals surface area contributed by atoms with Crippen molar-refractivity contribution in [2.24, 2.45) is 0 Å². The molecule has 0 bridgehead atoms. The maximum absolute atomic E-state index is 9.69. The summed E-state index contributed by atoms with van der Waals surface area (Å²) in [5.74, 6) is 2.60. The van der Waals surface area contributed by atoms with Crippen LogP contribution in [-0.2, 0) is 13.0 Å². The highest BCUT2D eigenvalue weighted by Crippen LogP contribution is 2.30. The molecule has 0 aliphatic heterocycles. The van der Waals surface area contributed by atoms with Crippen LogP contribution < -0.4 is 15.2 Å². The molecule has 0 amide bonds. The molecule has 6 nitrogen and oxygen atoms in total. The van der Waals surface area contributed by atoms with Crippen molar-refractivity contribution in [3.05, 3.63) is 88.4 Å². The van der Waals surface area contributed by atoms with E-state index >= 15 is 0 Å². The van der Waals surface area contributed by atoms with Gasteiger partial charge in [-0.2, -0.15) is 10.4 Å². The van der Waals surface area contributed by atoms with Crippen LogP contribution in [0.5, 0.6) is 17.2 Å². The molecule has 0 atom stereocenters. The number of rotatable bonds is 7. The topological polar surface area (TPSA) is 86.1 Å². The fourth-order valence-corrected chi connectivity index (χ4v) is 3.80. The zero-order valence-electron chi connectivity index (χ0n) is 17.5. The van der Waals surface area contributed by atoms with Crippen molar-refractivity contribution in [1.82, 2.24) is 9.78 Å². The molecule has 160 valence electrons. The highest BCUT2D eigenvalue weighted by molar-refractivity contribution is 9.10. The van der Waals surface area contributed by atoms with Crippen molar-refractivity contribution in [2.45, 2.75) is 13.0 Å². The van der Waals surface area contributed by atoms with Gasteiger partial charge < -0.3 is 15.2 Å². The molecule has 32 heavy (non-hydrogen) atoms. The normalized spacial score (nSPS) is 10.5. The summed E-state index contributed by atoms with van der Waals surface area (Å²) in [6.07, 6.45) is 0.678. The Hall–Kier alpha value is -3.76. The van der Waals surface area contributed by atoms with E-state index in [0.29, 0.717) is 35.8 Å². The first kappa shape index (κ1) is 21.5. The van der Waals surface area contributed by atoms with Gasteiger partial charge in [-0.15, -0.1) is 0 Å². The van der Waals surface area contributed by atoms with E-state index in [0.717, 1.165) is 27.1 Å². The number of para-hydroxylation sites is 1. The zero-order valence-corrected chi connectivity index (χ0v) is 19.0. The second kappa shape index (κ2) is 9.58. The molecule has 0 aliphatic carbocycles. The molecule has 0 saturated carbocycles. The van der Waals surface area contributed by atoms with Crippen LogP contribution in [0.15, 0.2) is 77.3 Å². The summed E-state index contributed by atoms with van der Waals surface area (Å²) < 4.78 is 13.8. The number of hydrogen-bond donors (Lipinski definition) is 1. The Morgan fingerprint density at radius 2 is 1.69 bits per heavy atom. The number of methoxy groups -OCH3 is 1. The minimum Gasteiger partial charge on any atom is -0.497 e. The molecule has 1 aromatic heterocycles. The van der Waals surface area contributed by atoms with Gasteiger partial charge in [0.25, 0.3) is 0 Å². The highest BCUT2D eigenvalue weighted by atomic mass is 79.9. The lowest BCUT2D eigenvalue weighted by Crippen LogP contribution is -2.08. The fraction of sp³-hybridized carbons (Fsp3) is 0.120. The molecule has 0 aliphatic rings. The van der Waals surface area contributed by atoms with Gasteiger partial charge in [0.05, 0.1) is 7.11 Å². The Morgan fingerprint density at radius 3 is 2.38 bits per heavy atom. The number of nitrogen functional groups attached to an aromatic ring is 1. The van der Waals surface area contributed by atoms with Crippen molar-refractivity contribution in [3.63, 3.8) is 0 Å². The first-order valence-corrected chi connectivity index (χ1v) is 10.8. The van der Waals surface area contributed by atoms with Crippen molar-refractivity contribution >= 4 is 21.7 Å². The largest absolute Gasteiger partial charge is 0.497 e. The van der Waals surface area contributed by atoms with E-state index in [-0.39, 0.29) is 0 Å². The van der Waals surface area contributed by atoms with Crippen molar-refractivity contribution < 1.29 is 9.47 Å². The number of nitrogens with zero attached hydrogens (tertiary/aromatic N) is 3. The van der Waals surface area contributed by atoms with Gasteiger partial charge in [0.1, 0.15) is 40.4 Å². The molecular weight excluding hydrogens is 468 g/mol. The number of nitrogens with two attached hydrogens (primary N) is 1. The smallest absolute Gasteiger partial charge is 0.140 e. The highest BCUT2D eigenvalue weighted by Gasteiger charge is 2.17. The molecule has 2 N–H and O–H groups in total. The van der Waals surface area contributed by atoms with Gasteiger partial charge >= 0.3 is 0 Å². The van der Waals surface area contributed by atoms with Gasteiger partial charge in [-0.05, 0) is 66.6 Å². The van der Waals surface area contributed by atoms with Crippen LogP contribution in [0.25, 0.3) is 11.3 Å². The van der Waals surface area contributed by atoms with Crippen LogP contribution in [0, 0.1) is 11.3 Å². The Morgan fingerprint density at radius 1 is 1.00 bits per heavy atom. The number of benzene rings is 3. The van der Waals surface area contributed by atoms with Crippen LogP contribution in [0.2, 0.25) is 0 Å². The molecular formula is C25H21BrN4O2. The summed E-state index contributed by atoms with van der Waals surface area (Å²) in [5.41, 5.74) is 9.05. The summed E-state index contributed by atoms with van der Waals surface area (Å²) >= 11 is 3.57. The van der Waals surface area contributed by atoms with Gasteiger partial charge in [-0.3, -0.25) is 0 Å². The lowest BCUT2D eigenvalue weighted by atomic mass is 10.1. The minimum absolute atomic E-state index is 0.353. The van der Waals surface area contributed by atoms with Crippen molar-refractivity contribution in [3.8, 4) is 34.6 Å². The van der Waals surface area contributed by atoms with Gasteiger partial charge in [-0.25, -0.2) is 4.68 Å². The summed E-state index contributed by atoms with van der Waals surface area (Å²) in [5, 5.41) is 14.3. The summed E-state index contributed by atoms with van der Waals surface area (Å²) in [4.78, 5) is 0. The first-order chi connectivity index (χ1) is 15.6.